The van der Waals surface area contributed by atoms with E-state index in [4.69, 9.17) is 40.1 Å². The summed E-state index contributed by atoms with van der Waals surface area (Å²) in [5.74, 6) is -15.2. The molecule has 0 unspecified atom stereocenters. The summed E-state index contributed by atoms with van der Waals surface area (Å²) in [6, 6.07) is -15.9. The lowest BCUT2D eigenvalue weighted by Gasteiger charge is -2.29. The van der Waals surface area contributed by atoms with Gasteiger partial charge in [-0.1, -0.05) is 34.1 Å². The summed E-state index contributed by atoms with van der Waals surface area (Å²) in [7, 11) is 0. The molecule has 10 amide bonds. The van der Waals surface area contributed by atoms with Crippen LogP contribution in [0.5, 0.6) is 0 Å². The van der Waals surface area contributed by atoms with E-state index >= 15 is 0 Å². The summed E-state index contributed by atoms with van der Waals surface area (Å²) in [6.45, 7) is 9.89. The number of unbranched alkanes of at least 4 members (excludes halogenated alkanes) is 2. The Morgan fingerprint density at radius 1 is 0.489 bits per heavy atom. The second kappa shape index (κ2) is 44.3. The van der Waals surface area contributed by atoms with Gasteiger partial charge < -0.3 is 114 Å². The van der Waals surface area contributed by atoms with Gasteiger partial charge in [-0.25, -0.2) is 9.78 Å². The molecule has 37 heteroatoms. The number of amides is 10. The van der Waals surface area contributed by atoms with Gasteiger partial charge in [0.1, 0.15) is 60.4 Å². The monoisotopic (exact) mass is 1340 g/mol. The van der Waals surface area contributed by atoms with Gasteiger partial charge in [-0.2, -0.15) is 0 Å². The predicted molar refractivity (Wildman–Crippen MR) is 342 cm³/mol. The number of aromatic nitrogens is 2. The summed E-state index contributed by atoms with van der Waals surface area (Å²) in [4.78, 5) is 189. The largest absolute Gasteiger partial charge is 0.481 e. The van der Waals surface area contributed by atoms with Gasteiger partial charge in [-0.3, -0.25) is 67.5 Å². The minimum atomic E-state index is -1.84. The van der Waals surface area contributed by atoms with Crippen molar-refractivity contribution in [3.8, 4) is 0 Å². The van der Waals surface area contributed by atoms with Crippen LogP contribution in [0.2, 0.25) is 0 Å². The van der Waals surface area contributed by atoms with Crippen LogP contribution in [-0.4, -0.2) is 207 Å². The number of carboxylic acid groups (broad SMARTS) is 3. The number of nitrogens with two attached hydrogens (primary N) is 7. The number of nitrogens with one attached hydrogen (secondary N) is 11. The Bertz CT molecular complexity index is 2710. The number of aromatic amines is 1. The molecule has 1 heterocycles. The Morgan fingerprint density at radius 3 is 1.40 bits per heavy atom. The van der Waals surface area contributed by atoms with Crippen molar-refractivity contribution in [2.75, 3.05) is 26.2 Å². The van der Waals surface area contributed by atoms with Crippen LogP contribution in [0.25, 0.3) is 0 Å². The van der Waals surface area contributed by atoms with Crippen LogP contribution in [0, 0.1) is 11.8 Å². The van der Waals surface area contributed by atoms with Gasteiger partial charge in [-0.05, 0) is 116 Å². The molecule has 0 radical (unpaired) electrons. The highest BCUT2D eigenvalue weighted by molar-refractivity contribution is 5.99. The standard InChI is InChI=1S/C57H101N21O16/c1-7-30(4)44(54(92)77-41(26-43(81)82)53(91)74-38(55(93)94)16-9-11-21-59)78-50(88)37(18-19-42(79)80)72-46(84)32(6)70-48(86)36(17-13-23-67-57(63)64)73-51(89)39(24-29(2)3)75-52(90)40(25-33-27-65-28-68-33)76-49(87)35(15-8-10-20-58)71-45(83)31(5)69-47(85)34(60)14-12-22-66-56(61)62/h27-32,34-41,44H,7-26,58-60H2,1-6H3,(H,65,68)(H,69,85)(H,70,86)(H,71,83)(H,72,84)(H,73,89)(H,74,91)(H,75,90)(H,76,87)(H,77,92)(H,78,88)(H,79,80)(H,81,82)(H,93,94)(H4,61,62,66)(H4,63,64,67)/t30-,31-,32-,34-,35-,36-,37-,38-,39-,40-,41-,44-/m0/s1. The average molecular weight is 1340 g/mol. The van der Waals surface area contributed by atoms with Crippen molar-refractivity contribution in [1.82, 2.24) is 63.1 Å². The fourth-order valence-electron chi connectivity index (χ4n) is 9.05. The molecule has 0 saturated carbocycles. The fraction of sp³-hybridized carbons (Fsp3) is 0.684. The molecule has 0 aliphatic heterocycles. The number of imidazole rings is 1. The summed E-state index contributed by atoms with van der Waals surface area (Å²) in [6.07, 6.45) is 2.32. The molecule has 28 N–H and O–H groups in total. The van der Waals surface area contributed by atoms with Crippen LogP contribution in [0.1, 0.15) is 144 Å². The molecule has 0 aliphatic carbocycles. The van der Waals surface area contributed by atoms with Crippen LogP contribution in [-0.2, 0) is 68.7 Å². The van der Waals surface area contributed by atoms with Crippen molar-refractivity contribution in [1.29, 1.82) is 0 Å². The number of carbonyl (C=O) groups excluding carboxylic acids is 10. The second-order valence-corrected chi connectivity index (χ2v) is 23.1. The lowest BCUT2D eigenvalue weighted by molar-refractivity contribution is -0.144. The van der Waals surface area contributed by atoms with Gasteiger partial charge in [-0.15, -0.1) is 0 Å². The van der Waals surface area contributed by atoms with E-state index in [2.05, 4.69) is 73.1 Å². The molecule has 0 spiro atoms. The predicted octanol–water partition coefficient (Wildman–Crippen LogP) is -5.95. The highest BCUT2D eigenvalue weighted by atomic mass is 16.4. The van der Waals surface area contributed by atoms with E-state index in [1.165, 1.54) is 33.3 Å². The lowest BCUT2D eigenvalue weighted by atomic mass is 9.96. The molecule has 0 aliphatic rings. The number of aliphatic carboxylic acids is 3. The smallest absolute Gasteiger partial charge is 0.326 e. The van der Waals surface area contributed by atoms with Gasteiger partial charge >= 0.3 is 17.9 Å². The third kappa shape index (κ3) is 33.4. The quantitative estimate of drug-likeness (QED) is 0.0164. The number of guanidine groups is 2. The first kappa shape index (κ1) is 82.8. The third-order valence-electron chi connectivity index (χ3n) is 14.6. The molecule has 37 nitrogen and oxygen atoms in total. The zero-order chi connectivity index (χ0) is 71.2. The molecule has 1 aromatic heterocycles. The Balaban J connectivity index is 3.55. The molecule has 12 atom stereocenters. The zero-order valence-electron chi connectivity index (χ0n) is 54.3. The summed E-state index contributed by atoms with van der Waals surface area (Å²) in [5.41, 5.74) is 39.4. The molecule has 0 fully saturated rings. The van der Waals surface area contributed by atoms with Gasteiger partial charge in [0, 0.05) is 37.8 Å². The average Bonchev–Trinajstić information content (AvgIpc) is 1.04. The number of hydrogen-bond acceptors (Lipinski definition) is 19. The van der Waals surface area contributed by atoms with Crippen LogP contribution in [0.15, 0.2) is 22.5 Å². The van der Waals surface area contributed by atoms with Crippen molar-refractivity contribution in [3.05, 3.63) is 18.2 Å². The normalized spacial score (nSPS) is 14.9. The second-order valence-electron chi connectivity index (χ2n) is 23.1. The van der Waals surface area contributed by atoms with Gasteiger partial charge in [0.05, 0.1) is 18.8 Å². The summed E-state index contributed by atoms with van der Waals surface area (Å²) >= 11 is 0. The van der Waals surface area contributed by atoms with Crippen LogP contribution < -0.4 is 93.3 Å². The third-order valence-corrected chi connectivity index (χ3v) is 14.6. The Morgan fingerprint density at radius 2 is 0.915 bits per heavy atom. The number of nitrogens with zero attached hydrogens (tertiary/aromatic N) is 3. The first-order valence-electron chi connectivity index (χ1n) is 31.2. The van der Waals surface area contributed by atoms with Crippen LogP contribution in [0.4, 0.5) is 0 Å². The molecule has 1 aromatic rings. The van der Waals surface area contributed by atoms with E-state index in [-0.39, 0.29) is 95.4 Å². The Kier molecular flexibility index (Phi) is 39.0. The maximum atomic E-state index is 14.5. The molecule has 94 heavy (non-hydrogen) atoms. The van der Waals surface area contributed by atoms with Crippen molar-refractivity contribution < 1.29 is 77.6 Å². The summed E-state index contributed by atoms with van der Waals surface area (Å²) < 4.78 is 0. The minimum Gasteiger partial charge on any atom is -0.481 e. The first-order valence-corrected chi connectivity index (χ1v) is 31.2. The van der Waals surface area contributed by atoms with Crippen LogP contribution >= 0.6 is 0 Å². The SMILES string of the molecule is CC[C@H](C)[C@H](NC(=O)[C@H](CCC(=O)O)NC(=O)[C@H](C)NC(=O)[C@H](CCCN=C(N)N)NC(=O)[C@H](CC(C)C)NC(=O)[C@H](Cc1cnc[nH]1)NC(=O)[C@H](CCCCN)NC(=O)[C@H](C)NC(=O)[C@@H](N)CCCN=C(N)N)C(=O)N[C@@H](CC(=O)O)C(=O)N[C@@H](CCCCN)C(=O)O. The number of carboxylic acids is 3. The molecule has 1 rings (SSSR count). The Labute approximate surface area is 545 Å². The highest BCUT2D eigenvalue weighted by Crippen LogP contribution is 2.14. The van der Waals surface area contributed by atoms with E-state index in [0.29, 0.717) is 37.8 Å². The van der Waals surface area contributed by atoms with E-state index < -0.39 is 169 Å². The van der Waals surface area contributed by atoms with E-state index in [0.717, 1.165) is 0 Å². The number of hydrogen-bond donors (Lipinski definition) is 21. The summed E-state index contributed by atoms with van der Waals surface area (Å²) in [5, 5.41) is 53.8. The highest BCUT2D eigenvalue weighted by Gasteiger charge is 2.37. The van der Waals surface area contributed by atoms with Crippen LogP contribution in [0.3, 0.4) is 0 Å². The molecular weight excluding hydrogens is 1230 g/mol. The lowest BCUT2D eigenvalue weighted by Crippen LogP contribution is -2.61. The maximum absolute atomic E-state index is 14.5. The number of aliphatic imine (C=N–C) groups is 2. The molecule has 0 saturated heterocycles. The first-order chi connectivity index (χ1) is 44.2. The number of carbonyl (C=O) groups is 13. The van der Waals surface area contributed by atoms with Gasteiger partial charge in [0.25, 0.3) is 0 Å². The van der Waals surface area contributed by atoms with Crippen molar-refractivity contribution in [2.45, 2.75) is 211 Å². The van der Waals surface area contributed by atoms with Crippen molar-refractivity contribution >= 4 is 88.9 Å². The van der Waals surface area contributed by atoms with Gasteiger partial charge in [0.2, 0.25) is 59.1 Å². The molecule has 0 aromatic carbocycles. The van der Waals surface area contributed by atoms with E-state index in [9.17, 15) is 77.6 Å². The topological polar surface area (TPSA) is 638 Å². The van der Waals surface area contributed by atoms with Crippen molar-refractivity contribution in [3.63, 3.8) is 0 Å². The maximum Gasteiger partial charge on any atom is 0.326 e. The number of H-pyrrole nitrogens is 1. The Hall–Kier alpha value is -9.26. The molecular formula is C57H101N21O16. The number of rotatable bonds is 48. The zero-order valence-corrected chi connectivity index (χ0v) is 54.3. The molecule has 530 valence electrons. The van der Waals surface area contributed by atoms with E-state index in [1.807, 2.05) is 0 Å². The van der Waals surface area contributed by atoms with Gasteiger partial charge in [0.15, 0.2) is 11.9 Å². The molecule has 0 bridgehead atoms. The van der Waals surface area contributed by atoms with Crippen molar-refractivity contribution in [2.24, 2.45) is 62.0 Å². The fourth-order valence-corrected chi connectivity index (χ4v) is 9.05. The minimum absolute atomic E-state index is 0.0362. The van der Waals surface area contributed by atoms with E-state index in [1.54, 1.807) is 20.8 Å².